The van der Waals surface area contributed by atoms with Crippen LogP contribution in [0.15, 0.2) is 48.5 Å². The van der Waals surface area contributed by atoms with Crippen molar-refractivity contribution < 1.29 is 14.4 Å². The minimum atomic E-state index is -0.120. The first kappa shape index (κ1) is 21.2. The number of carbonyl (C=O) groups excluding carboxylic acids is 3. The lowest BCUT2D eigenvalue weighted by atomic mass is 10.1. The minimum absolute atomic E-state index is 0.00554. The molecule has 0 radical (unpaired) electrons. The quantitative estimate of drug-likeness (QED) is 0.737. The molecule has 0 aliphatic heterocycles. The Bertz CT molecular complexity index is 785. The highest BCUT2D eigenvalue weighted by Gasteiger charge is 2.12. The van der Waals surface area contributed by atoms with E-state index in [1.54, 1.807) is 11.8 Å². The number of nitrogens with one attached hydrogen (secondary N) is 2. The van der Waals surface area contributed by atoms with Crippen molar-refractivity contribution in [2.75, 3.05) is 23.7 Å². The summed E-state index contributed by atoms with van der Waals surface area (Å²) in [6.45, 7) is 5.61. The van der Waals surface area contributed by atoms with Gasteiger partial charge in [0.15, 0.2) is 0 Å². The van der Waals surface area contributed by atoms with E-state index in [9.17, 15) is 14.4 Å². The maximum atomic E-state index is 12.1. The summed E-state index contributed by atoms with van der Waals surface area (Å²) in [5.74, 6) is -0.245. The van der Waals surface area contributed by atoms with E-state index in [0.29, 0.717) is 25.9 Å². The van der Waals surface area contributed by atoms with Gasteiger partial charge in [-0.1, -0.05) is 36.4 Å². The van der Waals surface area contributed by atoms with Crippen LogP contribution >= 0.6 is 0 Å². The molecule has 0 bridgehead atoms. The number of hydrogen-bond donors (Lipinski definition) is 2. The maximum Gasteiger partial charge on any atom is 0.221 e. The van der Waals surface area contributed by atoms with E-state index in [1.807, 2.05) is 48.5 Å². The second-order valence-electron chi connectivity index (χ2n) is 6.68. The number of hydrogen-bond acceptors (Lipinski definition) is 3. The summed E-state index contributed by atoms with van der Waals surface area (Å²) in [6.07, 6.45) is 1.28. The number of anilines is 2. The fourth-order valence-electron chi connectivity index (χ4n) is 3.04. The monoisotopic (exact) mass is 381 g/mol. The smallest absolute Gasteiger partial charge is 0.221 e. The van der Waals surface area contributed by atoms with Crippen molar-refractivity contribution in [3.8, 4) is 0 Å². The summed E-state index contributed by atoms with van der Waals surface area (Å²) in [6, 6.07) is 15.2. The first-order valence-electron chi connectivity index (χ1n) is 9.33. The molecule has 148 valence electrons. The first-order valence-corrected chi connectivity index (χ1v) is 9.33. The van der Waals surface area contributed by atoms with E-state index >= 15 is 0 Å². The second-order valence-corrected chi connectivity index (χ2v) is 6.68. The summed E-state index contributed by atoms with van der Waals surface area (Å²) >= 11 is 0. The van der Waals surface area contributed by atoms with Gasteiger partial charge < -0.3 is 15.5 Å². The Morgan fingerprint density at radius 1 is 0.714 bits per heavy atom. The van der Waals surface area contributed by atoms with Crippen LogP contribution in [-0.4, -0.2) is 35.7 Å². The Kier molecular flexibility index (Phi) is 7.75. The average molecular weight is 381 g/mol. The molecule has 6 nitrogen and oxygen atoms in total. The normalized spacial score (nSPS) is 10.2. The summed E-state index contributed by atoms with van der Waals surface area (Å²) in [4.78, 5) is 36.6. The molecule has 0 aromatic heterocycles. The molecule has 0 fully saturated rings. The average Bonchev–Trinajstić information content (AvgIpc) is 2.63. The van der Waals surface area contributed by atoms with Gasteiger partial charge in [-0.15, -0.1) is 0 Å². The summed E-state index contributed by atoms with van der Waals surface area (Å²) in [7, 11) is 0. The molecule has 2 N–H and O–H groups in total. The van der Waals surface area contributed by atoms with Crippen LogP contribution in [0, 0.1) is 0 Å². The first-order chi connectivity index (χ1) is 13.4. The fourth-order valence-corrected chi connectivity index (χ4v) is 3.04. The van der Waals surface area contributed by atoms with Crippen LogP contribution in [-0.2, 0) is 27.2 Å². The van der Waals surface area contributed by atoms with Crippen molar-refractivity contribution in [2.45, 2.75) is 33.6 Å². The van der Waals surface area contributed by atoms with E-state index < -0.39 is 0 Å². The highest BCUT2D eigenvalue weighted by molar-refractivity contribution is 5.90. The van der Waals surface area contributed by atoms with Crippen LogP contribution in [0.3, 0.4) is 0 Å². The minimum Gasteiger partial charge on any atom is -0.342 e. The second kappa shape index (κ2) is 10.3. The Balaban J connectivity index is 2.03. The molecule has 3 amide bonds. The number of carbonyl (C=O) groups is 3. The Hall–Kier alpha value is -3.15. The standard InChI is InChI=1S/C22H27N3O3/c1-16(26)23-21-10-6-4-8-19(21)12-14-25(18(3)28)15-13-20-9-5-7-11-22(20)24-17(2)27/h4-11H,12-15H2,1-3H3,(H,23,26)(H,24,27). The van der Waals surface area contributed by atoms with Gasteiger partial charge in [0.25, 0.3) is 0 Å². The van der Waals surface area contributed by atoms with Gasteiger partial charge in [-0.3, -0.25) is 14.4 Å². The lowest BCUT2D eigenvalue weighted by Crippen LogP contribution is -2.33. The van der Waals surface area contributed by atoms with Crippen molar-refractivity contribution >= 4 is 29.1 Å². The fraction of sp³-hybridized carbons (Fsp3) is 0.318. The summed E-state index contributed by atoms with van der Waals surface area (Å²) in [5, 5.41) is 5.65. The predicted molar refractivity (Wildman–Crippen MR) is 111 cm³/mol. The largest absolute Gasteiger partial charge is 0.342 e. The molecule has 0 atom stereocenters. The molecular weight excluding hydrogens is 354 g/mol. The van der Waals surface area contributed by atoms with Crippen LogP contribution in [0.2, 0.25) is 0 Å². The van der Waals surface area contributed by atoms with Crippen LogP contribution in [0.25, 0.3) is 0 Å². The van der Waals surface area contributed by atoms with E-state index in [0.717, 1.165) is 22.5 Å². The Morgan fingerprint density at radius 3 is 1.46 bits per heavy atom. The van der Waals surface area contributed by atoms with E-state index in [1.165, 1.54) is 13.8 Å². The molecule has 0 saturated heterocycles. The van der Waals surface area contributed by atoms with Crippen LogP contribution < -0.4 is 10.6 Å². The Labute approximate surface area is 165 Å². The molecule has 2 aromatic rings. The van der Waals surface area contributed by atoms with E-state index in [-0.39, 0.29) is 17.7 Å². The van der Waals surface area contributed by atoms with E-state index in [4.69, 9.17) is 0 Å². The summed E-state index contributed by atoms with van der Waals surface area (Å²) < 4.78 is 0. The molecule has 0 saturated carbocycles. The van der Waals surface area contributed by atoms with E-state index in [2.05, 4.69) is 10.6 Å². The molecule has 0 heterocycles. The van der Waals surface area contributed by atoms with Gasteiger partial charge in [0.2, 0.25) is 17.7 Å². The predicted octanol–water partition coefficient (Wildman–Crippen LogP) is 3.24. The molecule has 0 aliphatic rings. The highest BCUT2D eigenvalue weighted by atomic mass is 16.2. The van der Waals surface area contributed by atoms with Crippen molar-refractivity contribution in [2.24, 2.45) is 0 Å². The summed E-state index contributed by atoms with van der Waals surface area (Å²) in [5.41, 5.74) is 3.52. The van der Waals surface area contributed by atoms with Gasteiger partial charge in [0.05, 0.1) is 0 Å². The van der Waals surface area contributed by atoms with Crippen molar-refractivity contribution in [1.29, 1.82) is 0 Å². The molecule has 0 spiro atoms. The van der Waals surface area contributed by atoms with Crippen LogP contribution in [0.5, 0.6) is 0 Å². The van der Waals surface area contributed by atoms with Crippen molar-refractivity contribution in [3.63, 3.8) is 0 Å². The maximum absolute atomic E-state index is 12.1. The van der Waals surface area contributed by atoms with Gasteiger partial charge in [-0.2, -0.15) is 0 Å². The molecule has 2 aromatic carbocycles. The third-order valence-corrected chi connectivity index (χ3v) is 4.40. The van der Waals surface area contributed by atoms with Gasteiger partial charge in [-0.25, -0.2) is 0 Å². The third kappa shape index (κ3) is 6.54. The molecular formula is C22H27N3O3. The van der Waals surface area contributed by atoms with Gasteiger partial charge in [-0.05, 0) is 36.1 Å². The lowest BCUT2D eigenvalue weighted by Gasteiger charge is -2.22. The molecule has 0 aliphatic carbocycles. The molecule has 2 rings (SSSR count). The van der Waals surface area contributed by atoms with Crippen molar-refractivity contribution in [3.05, 3.63) is 59.7 Å². The SMILES string of the molecule is CC(=O)Nc1ccccc1CCN(CCc1ccccc1NC(C)=O)C(C)=O. The lowest BCUT2D eigenvalue weighted by molar-refractivity contribution is -0.128. The van der Waals surface area contributed by atoms with Gasteiger partial charge in [0, 0.05) is 45.2 Å². The zero-order chi connectivity index (χ0) is 20.5. The van der Waals surface area contributed by atoms with Crippen LogP contribution in [0.1, 0.15) is 31.9 Å². The number of nitrogens with zero attached hydrogens (tertiary/aromatic N) is 1. The number of para-hydroxylation sites is 2. The molecule has 6 heteroatoms. The highest BCUT2D eigenvalue weighted by Crippen LogP contribution is 2.18. The number of amides is 3. The number of benzene rings is 2. The molecule has 28 heavy (non-hydrogen) atoms. The molecule has 0 unspecified atom stereocenters. The zero-order valence-electron chi connectivity index (χ0n) is 16.6. The van der Waals surface area contributed by atoms with Gasteiger partial charge in [0.1, 0.15) is 0 Å². The number of rotatable bonds is 8. The van der Waals surface area contributed by atoms with Crippen molar-refractivity contribution in [1.82, 2.24) is 4.90 Å². The third-order valence-electron chi connectivity index (χ3n) is 4.40. The topological polar surface area (TPSA) is 78.5 Å². The van der Waals surface area contributed by atoms with Crippen LogP contribution in [0.4, 0.5) is 11.4 Å². The Morgan fingerprint density at radius 2 is 1.11 bits per heavy atom. The van der Waals surface area contributed by atoms with Gasteiger partial charge >= 0.3 is 0 Å². The zero-order valence-corrected chi connectivity index (χ0v) is 16.6.